The Bertz CT molecular complexity index is 1420. The first-order valence-corrected chi connectivity index (χ1v) is 12.7. The molecule has 0 aliphatic heterocycles. The fourth-order valence-corrected chi connectivity index (χ4v) is 3.56. The van der Waals surface area contributed by atoms with E-state index in [2.05, 4.69) is 70.2 Å². The van der Waals surface area contributed by atoms with Gasteiger partial charge in [0.25, 0.3) is 0 Å². The van der Waals surface area contributed by atoms with Gasteiger partial charge in [-0.3, -0.25) is 18.8 Å². The molecule has 0 amide bonds. The van der Waals surface area contributed by atoms with Crippen molar-refractivity contribution in [2.24, 2.45) is 0 Å². The van der Waals surface area contributed by atoms with E-state index in [4.69, 9.17) is 0 Å². The molecule has 0 radical (unpaired) electrons. The van der Waals surface area contributed by atoms with Gasteiger partial charge in [-0.1, -0.05) is 58.4 Å². The van der Waals surface area contributed by atoms with Gasteiger partial charge in [-0.25, -0.2) is 0 Å². The zero-order chi connectivity index (χ0) is 26.0. The van der Waals surface area contributed by atoms with Crippen LogP contribution in [0.5, 0.6) is 0 Å². The Hall–Kier alpha value is -3.77. The maximum Gasteiger partial charge on any atom is 0.186 e. The molecule has 0 aromatic carbocycles. The zero-order valence-electron chi connectivity index (χ0n) is 22.1. The van der Waals surface area contributed by atoms with E-state index in [1.54, 1.807) is 0 Å². The second-order valence-corrected chi connectivity index (χ2v) is 8.42. The first-order chi connectivity index (χ1) is 18.2. The van der Waals surface area contributed by atoms with Crippen LogP contribution in [0.15, 0.2) is 85.5 Å². The van der Waals surface area contributed by atoms with Gasteiger partial charge >= 0.3 is 0 Å². The fourth-order valence-electron chi connectivity index (χ4n) is 3.56. The molecule has 0 fully saturated rings. The van der Waals surface area contributed by atoms with Crippen molar-refractivity contribution in [3.05, 3.63) is 96.6 Å². The Labute approximate surface area is 237 Å². The number of rotatable bonds is 4. The Morgan fingerprint density at radius 1 is 0.553 bits per heavy atom. The van der Waals surface area contributed by atoms with Crippen LogP contribution in [-0.4, -0.2) is 39.2 Å². The normalized spacial score (nSPS) is 10.2. The Kier molecular flexibility index (Phi) is 10.8. The smallest absolute Gasteiger partial charge is 0.186 e. The van der Waals surface area contributed by atoms with E-state index >= 15 is 0 Å². The second kappa shape index (κ2) is 14.2. The van der Waals surface area contributed by atoms with Crippen LogP contribution in [0, 0.1) is 0 Å². The van der Waals surface area contributed by atoms with Crippen LogP contribution < -0.4 is 0 Å². The standard InChI is InChI=1S/2C13H12N4.C3H8.Pt/c2*1-2-10-6-7-11(14-9-10)13-16-15-12-5-3-4-8-17(12)13;1-3-2;/h2*3-9H,2H2,1H3;3H2,1-2H3;. The molecule has 6 heterocycles. The van der Waals surface area contributed by atoms with Crippen molar-refractivity contribution in [2.75, 3.05) is 0 Å². The molecular formula is C29H32N8Pt. The number of aryl methyl sites for hydroxylation is 2. The molecule has 6 aromatic rings. The molecule has 0 saturated heterocycles. The number of hydrogen-bond acceptors (Lipinski definition) is 6. The predicted molar refractivity (Wildman–Crippen MR) is 147 cm³/mol. The minimum absolute atomic E-state index is 0. The molecule has 6 rings (SSSR count). The monoisotopic (exact) mass is 687 g/mol. The average molecular weight is 688 g/mol. The van der Waals surface area contributed by atoms with Crippen molar-refractivity contribution in [1.29, 1.82) is 0 Å². The quantitative estimate of drug-likeness (QED) is 0.222. The fraction of sp³-hybridized carbons (Fsp3) is 0.241. The molecule has 198 valence electrons. The topological polar surface area (TPSA) is 86.2 Å². The molecule has 0 unspecified atom stereocenters. The molecule has 0 saturated carbocycles. The minimum Gasteiger partial charge on any atom is -0.281 e. The van der Waals surface area contributed by atoms with Crippen molar-refractivity contribution < 1.29 is 21.1 Å². The van der Waals surface area contributed by atoms with Crippen molar-refractivity contribution in [2.45, 2.75) is 47.0 Å². The van der Waals surface area contributed by atoms with Crippen LogP contribution >= 0.6 is 0 Å². The molecular weight excluding hydrogens is 655 g/mol. The molecule has 0 N–H and O–H groups in total. The summed E-state index contributed by atoms with van der Waals surface area (Å²) < 4.78 is 3.88. The maximum absolute atomic E-state index is 4.42. The van der Waals surface area contributed by atoms with Crippen LogP contribution in [0.1, 0.15) is 45.2 Å². The minimum atomic E-state index is 0. The molecule has 0 atom stereocenters. The van der Waals surface area contributed by atoms with Gasteiger partial charge in [0.05, 0.1) is 0 Å². The number of fused-ring (bicyclic) bond motifs is 2. The number of pyridine rings is 4. The van der Waals surface area contributed by atoms with Gasteiger partial charge in [-0.2, -0.15) is 0 Å². The van der Waals surface area contributed by atoms with Crippen LogP contribution in [-0.2, 0) is 33.9 Å². The first kappa shape index (κ1) is 28.8. The van der Waals surface area contributed by atoms with Gasteiger partial charge in [0.2, 0.25) is 0 Å². The van der Waals surface area contributed by atoms with Gasteiger partial charge in [0.1, 0.15) is 11.4 Å². The van der Waals surface area contributed by atoms with Crippen LogP contribution in [0.25, 0.3) is 34.3 Å². The Morgan fingerprint density at radius 3 is 1.32 bits per heavy atom. The summed E-state index contributed by atoms with van der Waals surface area (Å²) in [4.78, 5) is 8.84. The third-order valence-electron chi connectivity index (χ3n) is 5.55. The predicted octanol–water partition coefficient (Wildman–Crippen LogP) is 6.12. The SMILES string of the molecule is CCC.CCc1ccc(-c2nnc3ccccn23)nc1.CCc1ccc(-c2nnc3ccccn23)nc1.[Pt]. The summed E-state index contributed by atoms with van der Waals surface area (Å²) in [5.41, 5.74) is 5.82. The summed E-state index contributed by atoms with van der Waals surface area (Å²) in [5.74, 6) is 1.56. The molecule has 38 heavy (non-hydrogen) atoms. The van der Waals surface area contributed by atoms with E-state index < -0.39 is 0 Å². The third-order valence-corrected chi connectivity index (χ3v) is 5.55. The summed E-state index contributed by atoms with van der Waals surface area (Å²) in [6.07, 6.45) is 10.9. The molecule has 9 heteroatoms. The Morgan fingerprint density at radius 2 is 0.974 bits per heavy atom. The van der Waals surface area contributed by atoms with Crippen LogP contribution in [0.2, 0.25) is 0 Å². The molecule has 6 aromatic heterocycles. The van der Waals surface area contributed by atoms with Gasteiger partial charge in [0, 0.05) is 45.9 Å². The molecule has 0 aliphatic carbocycles. The summed E-state index contributed by atoms with van der Waals surface area (Å²) in [6.45, 7) is 8.48. The largest absolute Gasteiger partial charge is 0.281 e. The number of aromatic nitrogens is 8. The van der Waals surface area contributed by atoms with E-state index in [1.807, 2.05) is 82.1 Å². The van der Waals surface area contributed by atoms with Crippen molar-refractivity contribution in [3.63, 3.8) is 0 Å². The first-order valence-electron chi connectivity index (χ1n) is 12.7. The summed E-state index contributed by atoms with van der Waals surface area (Å²) in [5, 5.41) is 16.6. The van der Waals surface area contributed by atoms with E-state index in [0.29, 0.717) is 0 Å². The van der Waals surface area contributed by atoms with Gasteiger partial charge < -0.3 is 0 Å². The van der Waals surface area contributed by atoms with Crippen molar-refractivity contribution >= 4 is 11.3 Å². The molecule has 0 aliphatic rings. The van der Waals surface area contributed by atoms with E-state index in [9.17, 15) is 0 Å². The Balaban J connectivity index is 0.000000187. The zero-order valence-corrected chi connectivity index (χ0v) is 24.4. The van der Waals surface area contributed by atoms with Crippen molar-refractivity contribution in [3.8, 4) is 23.0 Å². The third kappa shape index (κ3) is 6.75. The summed E-state index contributed by atoms with van der Waals surface area (Å²) in [6, 6.07) is 19.8. The van der Waals surface area contributed by atoms with E-state index in [-0.39, 0.29) is 21.1 Å². The summed E-state index contributed by atoms with van der Waals surface area (Å²) in [7, 11) is 0. The maximum atomic E-state index is 4.42. The van der Waals surface area contributed by atoms with E-state index in [1.165, 1.54) is 17.5 Å². The van der Waals surface area contributed by atoms with Gasteiger partial charge in [-0.05, 0) is 60.4 Å². The van der Waals surface area contributed by atoms with Crippen LogP contribution in [0.4, 0.5) is 0 Å². The van der Waals surface area contributed by atoms with Crippen molar-refractivity contribution in [1.82, 2.24) is 39.2 Å². The average Bonchev–Trinajstić information content (AvgIpc) is 3.59. The molecule has 0 spiro atoms. The number of nitrogens with zero attached hydrogens (tertiary/aromatic N) is 8. The second-order valence-electron chi connectivity index (χ2n) is 8.42. The van der Waals surface area contributed by atoms with Gasteiger partial charge in [0.15, 0.2) is 22.9 Å². The molecule has 8 nitrogen and oxygen atoms in total. The van der Waals surface area contributed by atoms with Crippen LogP contribution in [0.3, 0.4) is 0 Å². The van der Waals surface area contributed by atoms with E-state index in [0.717, 1.165) is 47.2 Å². The molecule has 0 bridgehead atoms. The van der Waals surface area contributed by atoms with Gasteiger partial charge in [-0.15, -0.1) is 20.4 Å². The summed E-state index contributed by atoms with van der Waals surface area (Å²) >= 11 is 0. The number of hydrogen-bond donors (Lipinski definition) is 0.